The van der Waals surface area contributed by atoms with Crippen molar-refractivity contribution >= 4 is 23.0 Å². The van der Waals surface area contributed by atoms with E-state index in [1.165, 1.54) is 0 Å². The molecule has 0 aliphatic rings. The van der Waals surface area contributed by atoms with Crippen LogP contribution >= 0.6 is 0 Å². The van der Waals surface area contributed by atoms with Gasteiger partial charge in [-0.3, -0.25) is 14.6 Å². The number of rotatable bonds is 8. The molecule has 0 aliphatic heterocycles. The number of esters is 2. The van der Waals surface area contributed by atoms with E-state index in [0.717, 1.165) is 27.8 Å². The van der Waals surface area contributed by atoms with Crippen LogP contribution in [0.4, 0.5) is 0 Å². The molecule has 0 fully saturated rings. The third-order valence-electron chi connectivity index (χ3n) is 5.49. The predicted molar refractivity (Wildman–Crippen MR) is 128 cm³/mol. The van der Waals surface area contributed by atoms with Gasteiger partial charge >= 0.3 is 17.6 Å². The maximum Gasteiger partial charge on any atom is 0.323 e. The number of nitrogens with one attached hydrogen (secondary N) is 2. The molecule has 0 saturated carbocycles. The first-order valence-corrected chi connectivity index (χ1v) is 11.1. The van der Waals surface area contributed by atoms with Crippen molar-refractivity contribution in [2.45, 2.75) is 20.3 Å². The van der Waals surface area contributed by atoms with E-state index in [-0.39, 0.29) is 25.3 Å². The number of benzene rings is 2. The average molecular weight is 460 g/mol. The van der Waals surface area contributed by atoms with E-state index in [2.05, 4.69) is 15.0 Å². The number of pyridine rings is 1. The fourth-order valence-electron chi connectivity index (χ4n) is 3.93. The average Bonchev–Trinajstić information content (AvgIpc) is 3.22. The summed E-state index contributed by atoms with van der Waals surface area (Å²) in [6, 6.07) is 15.2. The SMILES string of the molecule is CCOC(=O)C(Cc1cc(-c2cccnc2)ccc1-c1ccc2[nH]c(=O)[nH]c2c1)C(=O)OCC. The lowest BCUT2D eigenvalue weighted by atomic mass is 9.89. The Labute approximate surface area is 196 Å². The van der Waals surface area contributed by atoms with Gasteiger partial charge in [0.15, 0.2) is 5.92 Å². The van der Waals surface area contributed by atoms with Gasteiger partial charge in [0.1, 0.15) is 0 Å². The van der Waals surface area contributed by atoms with Gasteiger partial charge in [0.25, 0.3) is 0 Å². The van der Waals surface area contributed by atoms with Crippen molar-refractivity contribution < 1.29 is 19.1 Å². The Balaban J connectivity index is 1.82. The zero-order valence-corrected chi connectivity index (χ0v) is 19.0. The van der Waals surface area contributed by atoms with Gasteiger partial charge in [0, 0.05) is 12.4 Å². The van der Waals surface area contributed by atoms with Crippen molar-refractivity contribution in [1.29, 1.82) is 0 Å². The first-order chi connectivity index (χ1) is 16.5. The van der Waals surface area contributed by atoms with E-state index in [1.54, 1.807) is 26.2 Å². The summed E-state index contributed by atoms with van der Waals surface area (Å²) >= 11 is 0. The number of aromatic nitrogens is 3. The summed E-state index contributed by atoms with van der Waals surface area (Å²) < 4.78 is 10.3. The molecule has 34 heavy (non-hydrogen) atoms. The summed E-state index contributed by atoms with van der Waals surface area (Å²) in [5.74, 6) is -2.34. The summed E-state index contributed by atoms with van der Waals surface area (Å²) in [5.41, 5.74) is 5.31. The third-order valence-corrected chi connectivity index (χ3v) is 5.49. The minimum atomic E-state index is -1.10. The van der Waals surface area contributed by atoms with Crippen LogP contribution in [0.5, 0.6) is 0 Å². The van der Waals surface area contributed by atoms with E-state index in [0.29, 0.717) is 11.0 Å². The number of nitrogens with zero attached hydrogens (tertiary/aromatic N) is 1. The highest BCUT2D eigenvalue weighted by Crippen LogP contribution is 2.32. The molecule has 4 rings (SSSR count). The van der Waals surface area contributed by atoms with Crippen molar-refractivity contribution in [2.75, 3.05) is 13.2 Å². The lowest BCUT2D eigenvalue weighted by molar-refractivity contribution is -0.161. The van der Waals surface area contributed by atoms with Crippen molar-refractivity contribution in [3.05, 3.63) is 77.0 Å². The van der Waals surface area contributed by atoms with Gasteiger partial charge in [0.2, 0.25) is 0 Å². The van der Waals surface area contributed by atoms with Crippen LogP contribution in [0.2, 0.25) is 0 Å². The molecule has 4 aromatic rings. The zero-order chi connectivity index (χ0) is 24.1. The number of carbonyl (C=O) groups is 2. The van der Waals surface area contributed by atoms with Gasteiger partial charge in [-0.1, -0.05) is 30.3 Å². The monoisotopic (exact) mass is 459 g/mol. The summed E-state index contributed by atoms with van der Waals surface area (Å²) in [6.07, 6.45) is 3.55. The molecule has 0 spiro atoms. The van der Waals surface area contributed by atoms with Crippen molar-refractivity contribution in [2.24, 2.45) is 5.92 Å². The Bertz CT molecular complexity index is 1360. The molecule has 2 N–H and O–H groups in total. The highest BCUT2D eigenvalue weighted by Gasteiger charge is 2.31. The molecular formula is C26H25N3O5. The van der Waals surface area contributed by atoms with Crippen LogP contribution < -0.4 is 5.69 Å². The molecule has 8 nitrogen and oxygen atoms in total. The number of aromatic amines is 2. The summed E-state index contributed by atoms with van der Waals surface area (Å²) in [4.78, 5) is 46.7. The minimum Gasteiger partial charge on any atom is -0.465 e. The molecular weight excluding hydrogens is 434 g/mol. The molecule has 0 radical (unpaired) electrons. The molecule has 0 amide bonds. The van der Waals surface area contributed by atoms with Gasteiger partial charge in [-0.05, 0) is 66.3 Å². The molecule has 8 heteroatoms. The fourth-order valence-corrected chi connectivity index (χ4v) is 3.93. The Hall–Kier alpha value is -4.20. The first kappa shape index (κ1) is 23.0. The van der Waals surface area contributed by atoms with Crippen LogP contribution in [0.1, 0.15) is 19.4 Å². The normalized spacial score (nSPS) is 11.0. The highest BCUT2D eigenvalue weighted by molar-refractivity contribution is 5.95. The molecule has 2 aromatic heterocycles. The second-order valence-corrected chi connectivity index (χ2v) is 7.71. The van der Waals surface area contributed by atoms with Gasteiger partial charge in [-0.2, -0.15) is 0 Å². The van der Waals surface area contributed by atoms with E-state index in [9.17, 15) is 14.4 Å². The highest BCUT2D eigenvalue weighted by atomic mass is 16.6. The van der Waals surface area contributed by atoms with Crippen LogP contribution in [0.3, 0.4) is 0 Å². The number of H-pyrrole nitrogens is 2. The maximum absolute atomic E-state index is 12.7. The van der Waals surface area contributed by atoms with Crippen LogP contribution in [-0.4, -0.2) is 40.1 Å². The molecule has 2 heterocycles. The smallest absolute Gasteiger partial charge is 0.323 e. The van der Waals surface area contributed by atoms with Crippen LogP contribution in [0, 0.1) is 5.92 Å². The van der Waals surface area contributed by atoms with E-state index in [4.69, 9.17) is 9.47 Å². The lowest BCUT2D eigenvalue weighted by Crippen LogP contribution is -2.30. The number of fused-ring (bicyclic) bond motifs is 1. The largest absolute Gasteiger partial charge is 0.465 e. The third kappa shape index (κ3) is 4.91. The van der Waals surface area contributed by atoms with Gasteiger partial charge in [-0.15, -0.1) is 0 Å². The maximum atomic E-state index is 12.7. The number of imidazole rings is 1. The summed E-state index contributed by atoms with van der Waals surface area (Å²) in [6.45, 7) is 3.71. The standard InChI is InChI=1S/C26H25N3O5/c1-3-33-24(30)21(25(31)34-4-2)13-19-12-16(18-6-5-11-27-15-18)7-9-20(19)17-8-10-22-23(14-17)29-26(32)28-22/h5-12,14-15,21H,3-4,13H2,1-2H3,(H2,28,29,32). The zero-order valence-electron chi connectivity index (χ0n) is 19.0. The number of hydrogen-bond acceptors (Lipinski definition) is 6. The van der Waals surface area contributed by atoms with Gasteiger partial charge in [-0.25, -0.2) is 4.79 Å². The number of hydrogen-bond donors (Lipinski definition) is 2. The second kappa shape index (κ2) is 10.2. The molecule has 0 saturated heterocycles. The minimum absolute atomic E-state index is 0.1000. The van der Waals surface area contributed by atoms with Crippen LogP contribution in [-0.2, 0) is 25.5 Å². The van der Waals surface area contributed by atoms with Crippen molar-refractivity contribution in [1.82, 2.24) is 15.0 Å². The molecule has 0 bridgehead atoms. The predicted octanol–water partition coefficient (Wildman–Crippen LogP) is 3.87. The van der Waals surface area contributed by atoms with Gasteiger partial charge in [0.05, 0.1) is 24.2 Å². The first-order valence-electron chi connectivity index (χ1n) is 11.1. The molecule has 174 valence electrons. The van der Waals surface area contributed by atoms with Crippen molar-refractivity contribution in [3.8, 4) is 22.3 Å². The van der Waals surface area contributed by atoms with Gasteiger partial charge < -0.3 is 19.4 Å². The molecule has 0 atom stereocenters. The number of carbonyl (C=O) groups excluding carboxylic acids is 2. The molecule has 0 unspecified atom stereocenters. The van der Waals surface area contributed by atoms with Crippen LogP contribution in [0.15, 0.2) is 65.7 Å². The second-order valence-electron chi connectivity index (χ2n) is 7.71. The Morgan fingerprint density at radius 2 is 1.59 bits per heavy atom. The number of ether oxygens (including phenoxy) is 2. The van der Waals surface area contributed by atoms with Crippen LogP contribution in [0.25, 0.3) is 33.3 Å². The lowest BCUT2D eigenvalue weighted by Gasteiger charge is -2.18. The van der Waals surface area contributed by atoms with E-state index in [1.807, 2.05) is 48.5 Å². The molecule has 0 aliphatic carbocycles. The molecule has 2 aromatic carbocycles. The van der Waals surface area contributed by atoms with E-state index < -0.39 is 17.9 Å². The summed E-state index contributed by atoms with van der Waals surface area (Å²) in [7, 11) is 0. The Morgan fingerprint density at radius 3 is 2.26 bits per heavy atom. The fraction of sp³-hybridized carbons (Fsp3) is 0.231. The quantitative estimate of drug-likeness (QED) is 0.305. The van der Waals surface area contributed by atoms with E-state index >= 15 is 0 Å². The topological polar surface area (TPSA) is 114 Å². The summed E-state index contributed by atoms with van der Waals surface area (Å²) in [5, 5.41) is 0. The Morgan fingerprint density at radius 1 is 0.882 bits per heavy atom. The van der Waals surface area contributed by atoms with Crippen molar-refractivity contribution in [3.63, 3.8) is 0 Å². The Kier molecular flexibility index (Phi) is 6.87.